The molecule has 0 aliphatic rings. The Morgan fingerprint density at radius 3 is 2.91 bits per heavy atom. The second-order valence-electron chi connectivity index (χ2n) is 7.59. The molecular formula is C23H25N5O4. The first-order chi connectivity index (χ1) is 15.5. The lowest BCUT2D eigenvalue weighted by Gasteiger charge is -2.12. The highest BCUT2D eigenvalue weighted by molar-refractivity contribution is 5.91. The molecule has 4 aromatic rings. The molecule has 3 heterocycles. The second-order valence-corrected chi connectivity index (χ2v) is 7.59. The van der Waals surface area contributed by atoms with E-state index >= 15 is 0 Å². The Morgan fingerprint density at radius 1 is 1.25 bits per heavy atom. The van der Waals surface area contributed by atoms with Gasteiger partial charge in [-0.3, -0.25) is 9.78 Å². The maximum atomic E-state index is 11.9. The van der Waals surface area contributed by atoms with E-state index in [1.54, 1.807) is 19.5 Å². The van der Waals surface area contributed by atoms with Crippen LogP contribution in [0.25, 0.3) is 22.2 Å². The van der Waals surface area contributed by atoms with E-state index in [0.29, 0.717) is 30.8 Å². The molecule has 9 heteroatoms. The normalized spacial score (nSPS) is 13.2. The summed E-state index contributed by atoms with van der Waals surface area (Å²) in [5, 5.41) is 11.1. The number of oxazole rings is 1. The van der Waals surface area contributed by atoms with E-state index in [0.717, 1.165) is 22.2 Å². The molecule has 1 aromatic carbocycles. The summed E-state index contributed by atoms with van der Waals surface area (Å²) >= 11 is 0. The lowest BCUT2D eigenvalue weighted by molar-refractivity contribution is 0.0830. The van der Waals surface area contributed by atoms with Gasteiger partial charge in [-0.25, -0.2) is 9.97 Å². The molecule has 32 heavy (non-hydrogen) atoms. The quantitative estimate of drug-likeness (QED) is 0.322. The van der Waals surface area contributed by atoms with Crippen molar-refractivity contribution in [2.75, 3.05) is 7.11 Å². The van der Waals surface area contributed by atoms with Gasteiger partial charge in [0, 0.05) is 29.6 Å². The fourth-order valence-corrected chi connectivity index (χ4v) is 3.62. The monoisotopic (exact) mass is 435 g/mol. The highest BCUT2D eigenvalue weighted by atomic mass is 16.5. The zero-order valence-electron chi connectivity index (χ0n) is 17.7. The number of hydrogen-bond acceptors (Lipinski definition) is 8. The van der Waals surface area contributed by atoms with Crippen LogP contribution >= 0.6 is 0 Å². The molecular weight excluding hydrogens is 410 g/mol. The maximum absolute atomic E-state index is 11.9. The number of aromatic nitrogens is 4. The predicted octanol–water partition coefficient (Wildman–Crippen LogP) is 3.43. The van der Waals surface area contributed by atoms with Crippen LogP contribution < -0.4 is 10.5 Å². The summed E-state index contributed by atoms with van der Waals surface area (Å²) in [4.78, 5) is 27.8. The van der Waals surface area contributed by atoms with Crippen LogP contribution in [0.1, 0.15) is 48.2 Å². The number of ketones is 1. The number of carbonyl (C=O) groups excluding carboxylic acids is 1. The van der Waals surface area contributed by atoms with Gasteiger partial charge >= 0.3 is 0 Å². The van der Waals surface area contributed by atoms with Crippen molar-refractivity contribution in [1.29, 1.82) is 0 Å². The number of methoxy groups -OCH3 is 1. The third kappa shape index (κ3) is 4.84. The molecule has 0 spiro atoms. The molecule has 0 saturated heterocycles. The van der Waals surface area contributed by atoms with E-state index in [9.17, 15) is 9.90 Å². The van der Waals surface area contributed by atoms with E-state index in [4.69, 9.17) is 14.9 Å². The van der Waals surface area contributed by atoms with Gasteiger partial charge in [-0.1, -0.05) is 6.07 Å². The van der Waals surface area contributed by atoms with Crippen LogP contribution in [0, 0.1) is 0 Å². The summed E-state index contributed by atoms with van der Waals surface area (Å²) in [5.74, 6) is 1.04. The highest BCUT2D eigenvalue weighted by Gasteiger charge is 2.18. The van der Waals surface area contributed by atoms with Gasteiger partial charge in [-0.15, -0.1) is 0 Å². The summed E-state index contributed by atoms with van der Waals surface area (Å²) in [7, 11) is 1.62. The number of aliphatic hydroxyl groups excluding tert-OH is 1. The molecule has 4 N–H and O–H groups in total. The molecule has 4 rings (SSSR count). The molecule has 2 atom stereocenters. The van der Waals surface area contributed by atoms with Gasteiger partial charge < -0.3 is 25.0 Å². The first kappa shape index (κ1) is 21.7. The zero-order chi connectivity index (χ0) is 22.5. The topological polar surface area (TPSA) is 140 Å². The Balaban J connectivity index is 1.36. The number of aliphatic hydroxyl groups is 1. The lowest BCUT2D eigenvalue weighted by atomic mass is 10.0. The number of nitrogens with zero attached hydrogens (tertiary/aromatic N) is 3. The van der Waals surface area contributed by atoms with Crippen LogP contribution in [0.2, 0.25) is 0 Å². The molecule has 0 aliphatic carbocycles. The fraction of sp³-hybridized carbons (Fsp3) is 0.304. The summed E-state index contributed by atoms with van der Waals surface area (Å²) in [5.41, 5.74) is 8.83. The van der Waals surface area contributed by atoms with Gasteiger partial charge in [-0.05, 0) is 31.4 Å². The molecule has 0 amide bonds. The number of rotatable bonds is 10. The zero-order valence-corrected chi connectivity index (χ0v) is 17.7. The third-order valence-electron chi connectivity index (χ3n) is 5.31. The van der Waals surface area contributed by atoms with E-state index < -0.39 is 6.10 Å². The molecule has 2 unspecified atom stereocenters. The first-order valence-electron chi connectivity index (χ1n) is 10.4. The average molecular weight is 435 g/mol. The van der Waals surface area contributed by atoms with Crippen molar-refractivity contribution in [1.82, 2.24) is 19.9 Å². The second kappa shape index (κ2) is 9.71. The SMILES string of the molecule is COc1cc2ncccc2cc1-c1cnc(C(N)CCCC(O)CC(=O)c2ncco2)[nH]1. The number of nitrogens with two attached hydrogens (primary N) is 1. The number of Topliss-reactive ketones (excluding diaryl/α,β-unsaturated/α-hetero) is 1. The van der Waals surface area contributed by atoms with Crippen molar-refractivity contribution in [2.24, 2.45) is 5.73 Å². The van der Waals surface area contributed by atoms with E-state index in [-0.39, 0.29) is 24.1 Å². The standard InChI is InChI=1S/C23H25N5O4/c1-31-21-12-18-14(4-3-7-25-18)10-16(21)19-13-27-22(28-19)17(24)6-2-5-15(29)11-20(30)23-26-8-9-32-23/h3-4,7-10,12-13,15,17,29H,2,5-6,11,24H2,1H3,(H,27,28). The maximum Gasteiger partial charge on any atom is 0.263 e. The van der Waals surface area contributed by atoms with Crippen LogP contribution in [0.5, 0.6) is 5.75 Å². The number of fused-ring (bicyclic) bond motifs is 1. The van der Waals surface area contributed by atoms with Crippen LogP contribution in [-0.2, 0) is 0 Å². The summed E-state index contributed by atoms with van der Waals surface area (Å²) in [6, 6.07) is 7.45. The molecule has 166 valence electrons. The van der Waals surface area contributed by atoms with Gasteiger partial charge in [-0.2, -0.15) is 0 Å². The summed E-state index contributed by atoms with van der Waals surface area (Å²) < 4.78 is 10.5. The smallest absolute Gasteiger partial charge is 0.263 e. The van der Waals surface area contributed by atoms with Crippen molar-refractivity contribution >= 4 is 16.7 Å². The largest absolute Gasteiger partial charge is 0.496 e. The number of nitrogens with one attached hydrogen (secondary N) is 1. The molecule has 0 saturated carbocycles. The summed E-state index contributed by atoms with van der Waals surface area (Å²) in [6.07, 6.45) is 7.11. The van der Waals surface area contributed by atoms with Gasteiger partial charge in [0.05, 0.1) is 42.9 Å². The molecule has 0 radical (unpaired) electrons. The van der Waals surface area contributed by atoms with Gasteiger partial charge in [0.1, 0.15) is 17.8 Å². The van der Waals surface area contributed by atoms with E-state index in [1.165, 1.54) is 12.5 Å². The number of carbonyl (C=O) groups is 1. The molecule has 0 aliphatic heterocycles. The van der Waals surface area contributed by atoms with Crippen molar-refractivity contribution in [2.45, 2.75) is 37.8 Å². The minimum atomic E-state index is -0.774. The molecule has 0 fully saturated rings. The van der Waals surface area contributed by atoms with Gasteiger partial charge in [0.25, 0.3) is 5.89 Å². The number of aromatic amines is 1. The van der Waals surface area contributed by atoms with Crippen molar-refractivity contribution in [3.63, 3.8) is 0 Å². The Hall–Kier alpha value is -3.56. The highest BCUT2D eigenvalue weighted by Crippen LogP contribution is 2.33. The molecule has 9 nitrogen and oxygen atoms in total. The molecule has 0 bridgehead atoms. The Bertz CT molecular complexity index is 1190. The lowest BCUT2D eigenvalue weighted by Crippen LogP contribution is -2.16. The van der Waals surface area contributed by atoms with Gasteiger partial charge in [0.2, 0.25) is 5.78 Å². The summed E-state index contributed by atoms with van der Waals surface area (Å²) in [6.45, 7) is 0. The van der Waals surface area contributed by atoms with Gasteiger partial charge in [0.15, 0.2) is 0 Å². The number of benzene rings is 1. The van der Waals surface area contributed by atoms with Crippen molar-refractivity contribution < 1.29 is 19.1 Å². The molecule has 3 aromatic heterocycles. The number of hydrogen-bond donors (Lipinski definition) is 3. The Kier molecular flexibility index (Phi) is 6.58. The van der Waals surface area contributed by atoms with E-state index in [1.807, 2.05) is 24.3 Å². The number of pyridine rings is 1. The fourth-order valence-electron chi connectivity index (χ4n) is 3.62. The number of H-pyrrole nitrogens is 1. The Morgan fingerprint density at radius 2 is 2.12 bits per heavy atom. The van der Waals surface area contributed by atoms with Crippen molar-refractivity contribution in [3.8, 4) is 17.0 Å². The Labute approximate surface area is 184 Å². The average Bonchev–Trinajstić information content (AvgIpc) is 3.50. The van der Waals surface area contributed by atoms with Crippen LogP contribution in [0.15, 0.2) is 53.5 Å². The first-order valence-corrected chi connectivity index (χ1v) is 10.4. The third-order valence-corrected chi connectivity index (χ3v) is 5.31. The van der Waals surface area contributed by atoms with E-state index in [2.05, 4.69) is 19.9 Å². The number of imidazole rings is 1. The minimum absolute atomic E-state index is 0.0174. The van der Waals surface area contributed by atoms with Crippen LogP contribution in [-0.4, -0.2) is 44.0 Å². The van der Waals surface area contributed by atoms with Crippen LogP contribution in [0.4, 0.5) is 0 Å². The minimum Gasteiger partial charge on any atom is -0.496 e. The predicted molar refractivity (Wildman–Crippen MR) is 118 cm³/mol. The number of ether oxygens (including phenoxy) is 1. The van der Waals surface area contributed by atoms with Crippen molar-refractivity contribution in [3.05, 3.63) is 60.8 Å². The van der Waals surface area contributed by atoms with Crippen LogP contribution in [0.3, 0.4) is 0 Å².